The number of hydrogen-bond acceptors (Lipinski definition) is 3. The lowest BCUT2D eigenvalue weighted by atomic mass is 10.1. The molecular weight excluding hydrogens is 281 g/mol. The monoisotopic (exact) mass is 295 g/mol. The molecule has 0 spiro atoms. The number of aryl methyl sites for hydroxylation is 2. The molecule has 0 fully saturated rings. The molecule has 3 rings (SSSR count). The van der Waals surface area contributed by atoms with Crippen molar-refractivity contribution in [3.63, 3.8) is 0 Å². The maximum atomic E-state index is 13.2. The van der Waals surface area contributed by atoms with Crippen molar-refractivity contribution < 1.29 is 13.9 Å². The normalized spacial score (nSPS) is 15.9. The Balaban J connectivity index is 1.96. The Morgan fingerprint density at radius 3 is 2.64 bits per heavy atom. The number of rotatable bonds is 2. The van der Waals surface area contributed by atoms with Crippen molar-refractivity contribution in [2.75, 3.05) is 0 Å². The Hall–Kier alpha value is -2.75. The molecule has 1 aliphatic rings. The highest BCUT2D eigenvalue weighted by Crippen LogP contribution is 2.20. The molecule has 0 amide bonds. The quantitative estimate of drug-likeness (QED) is 0.624. The summed E-state index contributed by atoms with van der Waals surface area (Å²) >= 11 is 0. The van der Waals surface area contributed by atoms with Crippen molar-refractivity contribution in [3.05, 3.63) is 76.2 Å². The summed E-state index contributed by atoms with van der Waals surface area (Å²) in [5.41, 5.74) is 3.73. The number of cyclic esters (lactones) is 1. The largest absolute Gasteiger partial charge is 0.402 e. The topological polar surface area (TPSA) is 38.7 Å². The van der Waals surface area contributed by atoms with E-state index in [0.29, 0.717) is 5.56 Å². The molecule has 2 aromatic carbocycles. The van der Waals surface area contributed by atoms with Gasteiger partial charge >= 0.3 is 5.97 Å². The highest BCUT2D eigenvalue weighted by molar-refractivity contribution is 6.12. The molecule has 110 valence electrons. The van der Waals surface area contributed by atoms with E-state index in [1.54, 1.807) is 12.1 Å². The van der Waals surface area contributed by atoms with E-state index in [1.165, 1.54) is 18.2 Å². The summed E-state index contributed by atoms with van der Waals surface area (Å²) in [4.78, 5) is 16.1. The second kappa shape index (κ2) is 5.56. The molecule has 2 aromatic rings. The number of carbonyl (C=O) groups is 1. The number of carbonyl (C=O) groups excluding carboxylic acids is 1. The van der Waals surface area contributed by atoms with Crippen molar-refractivity contribution in [3.8, 4) is 0 Å². The number of aliphatic imine (C=N–C) groups is 1. The van der Waals surface area contributed by atoms with Gasteiger partial charge in [-0.05, 0) is 60.9 Å². The zero-order chi connectivity index (χ0) is 15.7. The average molecular weight is 295 g/mol. The van der Waals surface area contributed by atoms with Crippen molar-refractivity contribution >= 4 is 17.9 Å². The van der Waals surface area contributed by atoms with Gasteiger partial charge in [-0.1, -0.05) is 18.2 Å². The number of benzene rings is 2. The van der Waals surface area contributed by atoms with Gasteiger partial charge in [-0.2, -0.15) is 0 Å². The molecule has 0 saturated carbocycles. The van der Waals surface area contributed by atoms with Gasteiger partial charge in [0.1, 0.15) is 5.82 Å². The van der Waals surface area contributed by atoms with E-state index in [1.807, 2.05) is 32.0 Å². The third kappa shape index (κ3) is 2.81. The van der Waals surface area contributed by atoms with E-state index in [-0.39, 0.29) is 17.4 Å². The molecule has 1 aliphatic heterocycles. The Labute approximate surface area is 127 Å². The maximum absolute atomic E-state index is 13.2. The predicted molar refractivity (Wildman–Crippen MR) is 82.9 cm³/mol. The molecule has 1 heterocycles. The Bertz CT molecular complexity index is 822. The second-order valence-electron chi connectivity index (χ2n) is 5.19. The van der Waals surface area contributed by atoms with Crippen LogP contribution >= 0.6 is 0 Å². The molecule has 0 bridgehead atoms. The molecule has 3 nitrogen and oxygen atoms in total. The van der Waals surface area contributed by atoms with Crippen molar-refractivity contribution in [1.29, 1.82) is 0 Å². The molecule has 0 aromatic heterocycles. The van der Waals surface area contributed by atoms with Crippen LogP contribution in [0.2, 0.25) is 0 Å². The molecule has 0 aliphatic carbocycles. The van der Waals surface area contributed by atoms with Gasteiger partial charge in [0.05, 0.1) is 0 Å². The van der Waals surface area contributed by atoms with Gasteiger partial charge in [0.25, 0.3) is 0 Å². The molecular formula is C18H14FNO2. The summed E-state index contributed by atoms with van der Waals surface area (Å²) in [7, 11) is 0. The average Bonchev–Trinajstić information content (AvgIpc) is 2.83. The summed E-state index contributed by atoms with van der Waals surface area (Å²) < 4.78 is 18.4. The van der Waals surface area contributed by atoms with Crippen LogP contribution in [0.1, 0.15) is 22.3 Å². The zero-order valence-corrected chi connectivity index (χ0v) is 12.3. The van der Waals surface area contributed by atoms with Crippen molar-refractivity contribution in [1.82, 2.24) is 0 Å². The first-order chi connectivity index (χ1) is 10.5. The Kier molecular flexibility index (Phi) is 3.59. The van der Waals surface area contributed by atoms with E-state index in [4.69, 9.17) is 4.74 Å². The van der Waals surface area contributed by atoms with E-state index in [9.17, 15) is 9.18 Å². The van der Waals surface area contributed by atoms with Gasteiger partial charge in [0.15, 0.2) is 5.70 Å². The first-order valence-electron chi connectivity index (χ1n) is 6.89. The fourth-order valence-electron chi connectivity index (χ4n) is 2.16. The van der Waals surface area contributed by atoms with Crippen LogP contribution in [0.3, 0.4) is 0 Å². The fraction of sp³-hybridized carbons (Fsp3) is 0.111. The minimum absolute atomic E-state index is 0.166. The number of hydrogen-bond donors (Lipinski definition) is 0. The number of halogens is 1. The fourth-order valence-corrected chi connectivity index (χ4v) is 2.16. The van der Waals surface area contributed by atoms with Gasteiger partial charge in [0.2, 0.25) is 5.90 Å². The van der Waals surface area contributed by atoms with Gasteiger partial charge in [0, 0.05) is 5.56 Å². The first-order valence-corrected chi connectivity index (χ1v) is 6.89. The summed E-state index contributed by atoms with van der Waals surface area (Å²) in [5, 5.41) is 0. The first kappa shape index (κ1) is 14.2. The van der Waals surface area contributed by atoms with Crippen LogP contribution < -0.4 is 0 Å². The highest BCUT2D eigenvalue weighted by atomic mass is 19.1. The van der Waals surface area contributed by atoms with Crippen LogP contribution in [0.25, 0.3) is 6.08 Å². The predicted octanol–water partition coefficient (Wildman–Crippen LogP) is 3.79. The lowest BCUT2D eigenvalue weighted by Crippen LogP contribution is -2.05. The second-order valence-corrected chi connectivity index (χ2v) is 5.19. The van der Waals surface area contributed by atoms with Crippen LogP contribution in [0.15, 0.2) is 53.2 Å². The van der Waals surface area contributed by atoms with E-state index in [0.717, 1.165) is 16.7 Å². The van der Waals surface area contributed by atoms with Crippen LogP contribution in [-0.2, 0) is 9.53 Å². The van der Waals surface area contributed by atoms with Crippen LogP contribution in [0.5, 0.6) is 0 Å². The number of esters is 1. The summed E-state index contributed by atoms with van der Waals surface area (Å²) in [6.45, 7) is 4.00. The SMILES string of the molecule is Cc1ccc(C2=N/C(=C\c3cccc(F)c3)C(=O)O2)cc1C. The van der Waals surface area contributed by atoms with Crippen molar-refractivity contribution in [2.45, 2.75) is 13.8 Å². The minimum Gasteiger partial charge on any atom is -0.402 e. The number of nitrogens with zero attached hydrogens (tertiary/aromatic N) is 1. The molecule has 0 radical (unpaired) electrons. The van der Waals surface area contributed by atoms with E-state index in [2.05, 4.69) is 4.99 Å². The molecule has 0 saturated heterocycles. The van der Waals surface area contributed by atoms with Gasteiger partial charge in [-0.15, -0.1) is 0 Å². The molecule has 0 unspecified atom stereocenters. The van der Waals surface area contributed by atoms with Gasteiger partial charge in [-0.25, -0.2) is 14.2 Å². The lowest BCUT2D eigenvalue weighted by molar-refractivity contribution is -0.129. The van der Waals surface area contributed by atoms with Crippen molar-refractivity contribution in [2.24, 2.45) is 4.99 Å². The zero-order valence-electron chi connectivity index (χ0n) is 12.3. The van der Waals surface area contributed by atoms with Gasteiger partial charge in [-0.3, -0.25) is 0 Å². The highest BCUT2D eigenvalue weighted by Gasteiger charge is 2.24. The smallest absolute Gasteiger partial charge is 0.363 e. The maximum Gasteiger partial charge on any atom is 0.363 e. The van der Waals surface area contributed by atoms with E-state index >= 15 is 0 Å². The number of ether oxygens (including phenoxy) is 1. The summed E-state index contributed by atoms with van der Waals surface area (Å²) in [5.74, 6) is -0.618. The molecule has 4 heteroatoms. The Morgan fingerprint density at radius 1 is 1.09 bits per heavy atom. The third-order valence-electron chi connectivity index (χ3n) is 3.53. The van der Waals surface area contributed by atoms with Gasteiger partial charge < -0.3 is 4.74 Å². The van der Waals surface area contributed by atoms with Crippen LogP contribution in [-0.4, -0.2) is 11.9 Å². The van der Waals surface area contributed by atoms with Crippen LogP contribution in [0, 0.1) is 19.7 Å². The Morgan fingerprint density at radius 2 is 1.91 bits per heavy atom. The minimum atomic E-state index is -0.530. The van der Waals surface area contributed by atoms with Crippen LogP contribution in [0.4, 0.5) is 4.39 Å². The summed E-state index contributed by atoms with van der Waals surface area (Å²) in [6, 6.07) is 11.7. The lowest BCUT2D eigenvalue weighted by Gasteiger charge is -2.03. The summed E-state index contributed by atoms with van der Waals surface area (Å²) in [6.07, 6.45) is 1.51. The third-order valence-corrected chi connectivity index (χ3v) is 3.53. The molecule has 22 heavy (non-hydrogen) atoms. The standard InChI is InChI=1S/C18H14FNO2/c1-11-6-7-14(8-12(11)2)17-20-16(18(21)22-17)10-13-4-3-5-15(19)9-13/h3-10H,1-2H3/b16-10-. The molecule has 0 N–H and O–H groups in total. The molecule has 0 atom stereocenters. The van der Waals surface area contributed by atoms with E-state index < -0.39 is 5.97 Å².